The van der Waals surface area contributed by atoms with Crippen LogP contribution in [-0.2, 0) is 0 Å². The first-order valence-corrected chi connectivity index (χ1v) is 2.57. The van der Waals surface area contributed by atoms with Crippen molar-refractivity contribution in [3.63, 3.8) is 0 Å². The fraction of sp³-hybridized carbons (Fsp3) is 0. The molecule has 1 aromatic rings. The van der Waals surface area contributed by atoms with Gasteiger partial charge >= 0.3 is 0 Å². The van der Waals surface area contributed by atoms with Crippen molar-refractivity contribution in [3.8, 4) is 0 Å². The third-order valence-electron chi connectivity index (χ3n) is 0.513. The van der Waals surface area contributed by atoms with E-state index in [2.05, 4.69) is 4.98 Å². The Kier molecular flexibility index (Phi) is 1.21. The molecule has 0 unspecified atom stereocenters. The van der Waals surface area contributed by atoms with Gasteiger partial charge in [-0.1, -0.05) is 0 Å². The number of hydrogen-bond acceptors (Lipinski definition) is 3. The highest BCUT2D eigenvalue weighted by Gasteiger charge is 1.85. The van der Waals surface area contributed by atoms with Gasteiger partial charge in [0, 0.05) is 11.6 Å². The topological polar surface area (TPSA) is 24.9 Å². The SMILES string of the molecule is FNc1nccs1. The van der Waals surface area contributed by atoms with E-state index in [1.165, 1.54) is 23.1 Å². The van der Waals surface area contributed by atoms with Gasteiger partial charge in [-0.3, -0.25) is 0 Å². The highest BCUT2D eigenvalue weighted by Crippen LogP contribution is 2.08. The van der Waals surface area contributed by atoms with Crippen LogP contribution in [0.1, 0.15) is 0 Å². The zero-order chi connectivity index (χ0) is 5.11. The van der Waals surface area contributed by atoms with Crippen LogP contribution in [0.2, 0.25) is 0 Å². The van der Waals surface area contributed by atoms with Crippen LogP contribution in [0.25, 0.3) is 0 Å². The van der Waals surface area contributed by atoms with Crippen molar-refractivity contribution in [3.05, 3.63) is 11.6 Å². The first kappa shape index (κ1) is 4.52. The van der Waals surface area contributed by atoms with Crippen LogP contribution in [0.15, 0.2) is 11.6 Å². The molecule has 1 heterocycles. The van der Waals surface area contributed by atoms with Crippen molar-refractivity contribution < 1.29 is 4.48 Å². The minimum atomic E-state index is 0.306. The molecule has 0 atom stereocenters. The number of aromatic nitrogens is 1. The van der Waals surface area contributed by atoms with Crippen LogP contribution in [0.3, 0.4) is 0 Å². The van der Waals surface area contributed by atoms with Gasteiger partial charge in [0.05, 0.1) is 0 Å². The fourth-order valence-electron chi connectivity index (χ4n) is 0.270. The number of hydrogen-bond donors (Lipinski definition) is 1. The molecular formula is C3H3FN2S. The summed E-state index contributed by atoms with van der Waals surface area (Å²) in [5.41, 5.74) is 1.41. The summed E-state index contributed by atoms with van der Waals surface area (Å²) in [5, 5.41) is 2.00. The van der Waals surface area contributed by atoms with Gasteiger partial charge in [0.25, 0.3) is 0 Å². The number of anilines is 1. The third-order valence-corrected chi connectivity index (χ3v) is 1.18. The zero-order valence-corrected chi connectivity index (χ0v) is 4.20. The van der Waals surface area contributed by atoms with Gasteiger partial charge in [-0.2, -0.15) is 5.54 Å². The lowest BCUT2D eigenvalue weighted by molar-refractivity contribution is 0.616. The third kappa shape index (κ3) is 0.866. The second-order valence-corrected chi connectivity index (χ2v) is 1.83. The van der Waals surface area contributed by atoms with Crippen molar-refractivity contribution in [2.24, 2.45) is 0 Å². The lowest BCUT2D eigenvalue weighted by Crippen LogP contribution is -1.75. The molecule has 0 radical (unpaired) electrons. The zero-order valence-electron chi connectivity index (χ0n) is 3.39. The molecule has 0 amide bonds. The Bertz CT molecular complexity index is 127. The molecular weight excluding hydrogens is 115 g/mol. The molecule has 4 heteroatoms. The van der Waals surface area contributed by atoms with Crippen LogP contribution in [0.4, 0.5) is 9.61 Å². The Hall–Kier alpha value is -0.640. The van der Waals surface area contributed by atoms with E-state index in [1.54, 1.807) is 5.38 Å². The highest BCUT2D eigenvalue weighted by molar-refractivity contribution is 7.13. The smallest absolute Gasteiger partial charge is 0.211 e. The predicted octanol–water partition coefficient (Wildman–Crippen LogP) is 1.44. The molecule has 0 aliphatic carbocycles. The standard InChI is InChI=1S/C3H3FN2S/c4-6-3-5-1-2-7-3/h1-2H,(H,5,6). The first-order chi connectivity index (χ1) is 3.43. The van der Waals surface area contributed by atoms with Crippen LogP contribution in [-0.4, -0.2) is 4.98 Å². The van der Waals surface area contributed by atoms with Gasteiger partial charge in [0.1, 0.15) is 0 Å². The molecule has 0 saturated carbocycles. The maximum absolute atomic E-state index is 11.3. The van der Waals surface area contributed by atoms with Gasteiger partial charge in [-0.15, -0.1) is 15.8 Å². The van der Waals surface area contributed by atoms with E-state index < -0.39 is 0 Å². The van der Waals surface area contributed by atoms with Gasteiger partial charge in [0.15, 0.2) is 0 Å². The number of halogens is 1. The molecule has 1 rings (SSSR count). The minimum absolute atomic E-state index is 0.306. The van der Waals surface area contributed by atoms with Crippen LogP contribution in [0, 0.1) is 0 Å². The Labute approximate surface area is 43.9 Å². The van der Waals surface area contributed by atoms with Gasteiger partial charge < -0.3 is 0 Å². The van der Waals surface area contributed by atoms with Crippen molar-refractivity contribution in [2.45, 2.75) is 0 Å². The van der Waals surface area contributed by atoms with E-state index in [-0.39, 0.29) is 0 Å². The molecule has 1 aromatic heterocycles. The largest absolute Gasteiger partial charge is 0.227 e. The molecule has 1 N–H and O–H groups in total. The van der Waals surface area contributed by atoms with Gasteiger partial charge in [0.2, 0.25) is 5.13 Å². The van der Waals surface area contributed by atoms with Gasteiger partial charge in [-0.05, 0) is 0 Å². The molecule has 0 fully saturated rings. The second kappa shape index (κ2) is 1.88. The molecule has 0 aliphatic rings. The average molecular weight is 118 g/mol. The van der Waals surface area contributed by atoms with Crippen LogP contribution >= 0.6 is 11.3 Å². The van der Waals surface area contributed by atoms with Crippen LogP contribution < -0.4 is 5.54 Å². The van der Waals surface area contributed by atoms with Crippen molar-refractivity contribution in [1.82, 2.24) is 4.98 Å². The Morgan fingerprint density at radius 3 is 3.00 bits per heavy atom. The first-order valence-electron chi connectivity index (χ1n) is 1.69. The summed E-state index contributed by atoms with van der Waals surface area (Å²) in [5.74, 6) is 0. The summed E-state index contributed by atoms with van der Waals surface area (Å²) in [6.45, 7) is 0. The quantitative estimate of drug-likeness (QED) is 0.564. The number of nitrogens with one attached hydrogen (secondary N) is 1. The van der Waals surface area contributed by atoms with Gasteiger partial charge in [-0.25, -0.2) is 4.98 Å². The normalized spacial score (nSPS) is 8.71. The van der Waals surface area contributed by atoms with Crippen molar-refractivity contribution >= 4 is 16.5 Å². The van der Waals surface area contributed by atoms with E-state index in [0.717, 1.165) is 0 Å². The molecule has 38 valence electrons. The van der Waals surface area contributed by atoms with E-state index in [1.807, 2.05) is 0 Å². The fourth-order valence-corrected chi connectivity index (χ4v) is 0.687. The monoisotopic (exact) mass is 118 g/mol. The molecule has 0 bridgehead atoms. The summed E-state index contributed by atoms with van der Waals surface area (Å²) < 4.78 is 11.3. The molecule has 0 aromatic carbocycles. The molecule has 0 aliphatic heterocycles. The summed E-state index contributed by atoms with van der Waals surface area (Å²) in [7, 11) is 0. The summed E-state index contributed by atoms with van der Waals surface area (Å²) in [6, 6.07) is 0. The maximum Gasteiger partial charge on any atom is 0.211 e. The predicted molar refractivity (Wildman–Crippen MR) is 26.8 cm³/mol. The minimum Gasteiger partial charge on any atom is -0.227 e. The Balaban J connectivity index is 2.76. The lowest BCUT2D eigenvalue weighted by atomic mass is 11.0. The summed E-state index contributed by atoms with van der Waals surface area (Å²) >= 11 is 1.23. The molecule has 0 spiro atoms. The molecule has 0 saturated heterocycles. The summed E-state index contributed by atoms with van der Waals surface area (Å²) in [4.78, 5) is 3.57. The van der Waals surface area contributed by atoms with E-state index in [4.69, 9.17) is 0 Å². The van der Waals surface area contributed by atoms with E-state index in [0.29, 0.717) is 5.13 Å². The lowest BCUT2D eigenvalue weighted by Gasteiger charge is -1.78. The van der Waals surface area contributed by atoms with Crippen molar-refractivity contribution in [1.29, 1.82) is 0 Å². The molecule has 7 heavy (non-hydrogen) atoms. The number of nitrogens with zero attached hydrogens (tertiary/aromatic N) is 1. The number of thiazole rings is 1. The highest BCUT2D eigenvalue weighted by atomic mass is 32.1. The van der Waals surface area contributed by atoms with E-state index in [9.17, 15) is 4.48 Å². The molecule has 2 nitrogen and oxygen atoms in total. The van der Waals surface area contributed by atoms with E-state index >= 15 is 0 Å². The van der Waals surface area contributed by atoms with Crippen LogP contribution in [0.5, 0.6) is 0 Å². The Morgan fingerprint density at radius 1 is 1.86 bits per heavy atom. The summed E-state index contributed by atoms with van der Waals surface area (Å²) in [6.07, 6.45) is 1.53. The number of rotatable bonds is 1. The van der Waals surface area contributed by atoms with Crippen molar-refractivity contribution in [2.75, 3.05) is 5.54 Å². The average Bonchev–Trinajstić information content (AvgIpc) is 2.14. The second-order valence-electron chi connectivity index (χ2n) is 0.932. The Morgan fingerprint density at radius 2 is 2.71 bits per heavy atom. The maximum atomic E-state index is 11.3.